The van der Waals surface area contributed by atoms with Crippen molar-refractivity contribution in [2.75, 3.05) is 32.7 Å². The smallest absolute Gasteiger partial charge is 0.143 e. The van der Waals surface area contributed by atoms with E-state index in [1.807, 2.05) is 12.1 Å². The van der Waals surface area contributed by atoms with Gasteiger partial charge in [-0.05, 0) is 25.0 Å². The number of rotatable bonds is 7. The van der Waals surface area contributed by atoms with Crippen molar-refractivity contribution < 1.29 is 9.47 Å². The summed E-state index contributed by atoms with van der Waals surface area (Å²) in [5.41, 5.74) is 1.38. The molecule has 0 aromatic heterocycles. The van der Waals surface area contributed by atoms with Gasteiger partial charge >= 0.3 is 0 Å². The number of benzene rings is 1. The number of nitrogens with one attached hydrogen (secondary N) is 1. The maximum Gasteiger partial charge on any atom is 0.143 e. The Balaban J connectivity index is 2.59. The molecule has 0 unspecified atom stereocenters. The Morgan fingerprint density at radius 3 is 2.76 bits per heavy atom. The van der Waals surface area contributed by atoms with Gasteiger partial charge in [-0.15, -0.1) is 0 Å². The highest BCUT2D eigenvalue weighted by molar-refractivity contribution is 5.66. The molecule has 4 heteroatoms. The molecule has 0 saturated carbocycles. The normalized spacial score (nSPS) is 9.71. The first-order valence-corrected chi connectivity index (χ1v) is 5.63. The second kappa shape index (κ2) is 7.53. The van der Waals surface area contributed by atoms with Crippen LogP contribution in [0.15, 0.2) is 18.2 Å². The van der Waals surface area contributed by atoms with Crippen molar-refractivity contribution in [1.82, 2.24) is 0 Å². The fourth-order valence-corrected chi connectivity index (χ4v) is 1.56. The molecule has 0 atom stereocenters. The molecular formula is C13H18N2O2. The van der Waals surface area contributed by atoms with Crippen LogP contribution in [-0.2, 0) is 4.74 Å². The summed E-state index contributed by atoms with van der Waals surface area (Å²) in [5, 5.41) is 12.3. The van der Waals surface area contributed by atoms with Crippen LogP contribution >= 0.6 is 0 Å². The molecule has 1 aromatic rings. The summed E-state index contributed by atoms with van der Waals surface area (Å²) in [5.74, 6) is 0.704. The lowest BCUT2D eigenvalue weighted by Crippen LogP contribution is -2.06. The van der Waals surface area contributed by atoms with Crippen molar-refractivity contribution in [3.63, 3.8) is 0 Å². The van der Waals surface area contributed by atoms with Gasteiger partial charge < -0.3 is 14.8 Å². The molecule has 0 saturated heterocycles. The zero-order valence-electron chi connectivity index (χ0n) is 10.3. The van der Waals surface area contributed by atoms with Gasteiger partial charge in [0.1, 0.15) is 11.8 Å². The van der Waals surface area contributed by atoms with Gasteiger partial charge in [0.15, 0.2) is 0 Å². The van der Waals surface area contributed by atoms with E-state index in [0.29, 0.717) is 11.3 Å². The van der Waals surface area contributed by atoms with E-state index in [9.17, 15) is 0 Å². The highest BCUT2D eigenvalue weighted by atomic mass is 16.5. The quantitative estimate of drug-likeness (QED) is 0.736. The molecule has 0 aliphatic heterocycles. The van der Waals surface area contributed by atoms with E-state index < -0.39 is 0 Å². The second-order valence-electron chi connectivity index (χ2n) is 3.62. The fourth-order valence-electron chi connectivity index (χ4n) is 1.56. The average Bonchev–Trinajstić information content (AvgIpc) is 2.38. The highest BCUT2D eigenvalue weighted by Crippen LogP contribution is 2.27. The summed E-state index contributed by atoms with van der Waals surface area (Å²) in [6.45, 7) is 1.57. The number of para-hydroxylation sites is 1. The van der Waals surface area contributed by atoms with Crippen molar-refractivity contribution in [3.8, 4) is 11.8 Å². The number of unbranched alkanes of at least 4 members (excludes halogenated alkanes) is 1. The molecule has 1 N–H and O–H groups in total. The molecule has 17 heavy (non-hydrogen) atoms. The Bertz CT molecular complexity index is 385. The maximum absolute atomic E-state index is 9.01. The summed E-state index contributed by atoms with van der Waals surface area (Å²) in [4.78, 5) is 0. The fraction of sp³-hybridized carbons (Fsp3) is 0.462. The first kappa shape index (κ1) is 13.3. The molecule has 1 rings (SSSR count). The van der Waals surface area contributed by atoms with Crippen molar-refractivity contribution in [1.29, 1.82) is 5.26 Å². The predicted octanol–water partition coefficient (Wildman–Crippen LogP) is 2.41. The Morgan fingerprint density at radius 2 is 2.12 bits per heavy atom. The summed E-state index contributed by atoms with van der Waals surface area (Å²) < 4.78 is 10.2. The van der Waals surface area contributed by atoms with Gasteiger partial charge in [0.05, 0.1) is 18.4 Å². The zero-order valence-corrected chi connectivity index (χ0v) is 10.3. The second-order valence-corrected chi connectivity index (χ2v) is 3.62. The summed E-state index contributed by atoms with van der Waals surface area (Å²) in [6, 6.07) is 7.59. The van der Waals surface area contributed by atoms with Gasteiger partial charge in [0, 0.05) is 20.3 Å². The highest BCUT2D eigenvalue weighted by Gasteiger charge is 2.07. The zero-order chi connectivity index (χ0) is 12.5. The minimum atomic E-state index is 0.607. The summed E-state index contributed by atoms with van der Waals surface area (Å²) in [6.07, 6.45) is 2.00. The van der Waals surface area contributed by atoms with Gasteiger partial charge in [-0.3, -0.25) is 0 Å². The number of hydrogen-bond acceptors (Lipinski definition) is 4. The van der Waals surface area contributed by atoms with Gasteiger partial charge in [0.2, 0.25) is 0 Å². The van der Waals surface area contributed by atoms with E-state index in [4.69, 9.17) is 14.7 Å². The molecule has 0 bridgehead atoms. The maximum atomic E-state index is 9.01. The minimum Gasteiger partial charge on any atom is -0.495 e. The van der Waals surface area contributed by atoms with Gasteiger partial charge in [-0.2, -0.15) is 5.26 Å². The Kier molecular flexibility index (Phi) is 5.91. The molecule has 4 nitrogen and oxygen atoms in total. The van der Waals surface area contributed by atoms with Crippen LogP contribution in [-0.4, -0.2) is 27.4 Å². The van der Waals surface area contributed by atoms with E-state index in [1.54, 1.807) is 20.3 Å². The molecular weight excluding hydrogens is 216 g/mol. The molecule has 0 fully saturated rings. The number of nitriles is 1. The summed E-state index contributed by atoms with van der Waals surface area (Å²) in [7, 11) is 3.30. The van der Waals surface area contributed by atoms with Crippen molar-refractivity contribution in [3.05, 3.63) is 23.8 Å². The lowest BCUT2D eigenvalue weighted by molar-refractivity contribution is 0.194. The molecule has 1 aromatic carbocycles. The van der Waals surface area contributed by atoms with Crippen LogP contribution in [0.1, 0.15) is 18.4 Å². The predicted molar refractivity (Wildman–Crippen MR) is 67.3 cm³/mol. The molecule has 0 spiro atoms. The van der Waals surface area contributed by atoms with Crippen LogP contribution in [0.25, 0.3) is 0 Å². The SMILES string of the molecule is COCCCCNc1c(C#N)cccc1OC. The van der Waals surface area contributed by atoms with Crippen molar-refractivity contribution >= 4 is 5.69 Å². The minimum absolute atomic E-state index is 0.607. The number of methoxy groups -OCH3 is 2. The average molecular weight is 234 g/mol. The van der Waals surface area contributed by atoms with Crippen LogP contribution in [0, 0.1) is 11.3 Å². The Morgan fingerprint density at radius 1 is 1.29 bits per heavy atom. The van der Waals surface area contributed by atoms with Crippen LogP contribution in [0.3, 0.4) is 0 Å². The number of ether oxygens (including phenoxy) is 2. The number of anilines is 1. The van der Waals surface area contributed by atoms with Crippen LogP contribution in [0.5, 0.6) is 5.75 Å². The first-order valence-electron chi connectivity index (χ1n) is 5.63. The van der Waals surface area contributed by atoms with E-state index in [0.717, 1.165) is 31.7 Å². The summed E-state index contributed by atoms with van der Waals surface area (Å²) >= 11 is 0. The third kappa shape index (κ3) is 3.97. The number of nitrogens with zero attached hydrogens (tertiary/aromatic N) is 1. The van der Waals surface area contributed by atoms with Crippen LogP contribution in [0.2, 0.25) is 0 Å². The Labute approximate surface area is 102 Å². The number of hydrogen-bond donors (Lipinski definition) is 1. The van der Waals surface area contributed by atoms with E-state index in [-0.39, 0.29) is 0 Å². The Hall–Kier alpha value is -1.73. The van der Waals surface area contributed by atoms with Crippen molar-refractivity contribution in [2.45, 2.75) is 12.8 Å². The standard InChI is InChI=1S/C13H18N2O2/c1-16-9-4-3-8-15-13-11(10-14)6-5-7-12(13)17-2/h5-7,15H,3-4,8-9H2,1-2H3. The molecule has 92 valence electrons. The first-order chi connectivity index (χ1) is 8.33. The molecule has 0 heterocycles. The lowest BCUT2D eigenvalue weighted by atomic mass is 10.1. The van der Waals surface area contributed by atoms with E-state index >= 15 is 0 Å². The van der Waals surface area contributed by atoms with Gasteiger partial charge in [-0.1, -0.05) is 6.07 Å². The largest absolute Gasteiger partial charge is 0.495 e. The third-order valence-electron chi connectivity index (χ3n) is 2.44. The molecule has 0 radical (unpaired) electrons. The van der Waals surface area contributed by atoms with E-state index in [1.165, 1.54) is 0 Å². The van der Waals surface area contributed by atoms with Gasteiger partial charge in [-0.25, -0.2) is 0 Å². The molecule has 0 aliphatic carbocycles. The van der Waals surface area contributed by atoms with Crippen LogP contribution in [0.4, 0.5) is 5.69 Å². The topological polar surface area (TPSA) is 54.3 Å². The lowest BCUT2D eigenvalue weighted by Gasteiger charge is -2.12. The van der Waals surface area contributed by atoms with Crippen LogP contribution < -0.4 is 10.1 Å². The van der Waals surface area contributed by atoms with Crippen molar-refractivity contribution in [2.24, 2.45) is 0 Å². The molecule has 0 amide bonds. The third-order valence-corrected chi connectivity index (χ3v) is 2.44. The van der Waals surface area contributed by atoms with E-state index in [2.05, 4.69) is 11.4 Å². The van der Waals surface area contributed by atoms with Gasteiger partial charge in [0.25, 0.3) is 0 Å². The monoisotopic (exact) mass is 234 g/mol. The molecule has 0 aliphatic rings.